The lowest BCUT2D eigenvalue weighted by molar-refractivity contribution is -0.170. The molecule has 0 aromatic carbocycles. The van der Waals surface area contributed by atoms with Crippen LogP contribution in [-0.4, -0.2) is 21.0 Å². The predicted molar refractivity (Wildman–Crippen MR) is 87.6 cm³/mol. The Kier molecular flexibility index (Phi) is 4.10. The van der Waals surface area contributed by atoms with E-state index in [0.717, 1.165) is 19.3 Å². The van der Waals surface area contributed by atoms with Gasteiger partial charge in [-0.1, -0.05) is 19.4 Å². The maximum absolute atomic E-state index is 13.0. The van der Waals surface area contributed by atoms with Gasteiger partial charge in [0.25, 0.3) is 9.05 Å². The van der Waals surface area contributed by atoms with E-state index in [-0.39, 0.29) is 0 Å². The van der Waals surface area contributed by atoms with Crippen LogP contribution in [0.3, 0.4) is 0 Å². The molecule has 0 aromatic rings. The zero-order valence-corrected chi connectivity index (χ0v) is 15.9. The lowest BCUT2D eigenvalue weighted by Crippen LogP contribution is -2.50. The molecule has 0 amide bonds. The third-order valence-electron chi connectivity index (χ3n) is 5.58. The van der Waals surface area contributed by atoms with Crippen LogP contribution in [0.2, 0.25) is 0 Å². The average Bonchev–Trinajstić information content (AvgIpc) is 2.37. The molecule has 0 aromatic heterocycles. The summed E-state index contributed by atoms with van der Waals surface area (Å²) >= 11 is 0. The first kappa shape index (κ1) is 20.2. The summed E-state index contributed by atoms with van der Waals surface area (Å²) in [5.41, 5.74) is -0.947. The van der Waals surface area contributed by atoms with Gasteiger partial charge in [-0.25, -0.2) is 8.42 Å². The van der Waals surface area contributed by atoms with Crippen molar-refractivity contribution in [2.24, 2.45) is 23.2 Å². The summed E-state index contributed by atoms with van der Waals surface area (Å²) in [7, 11) is -10.7. The quantitative estimate of drug-likeness (QED) is 0.321. The molecule has 0 N–H and O–H groups in total. The van der Waals surface area contributed by atoms with Gasteiger partial charge in [0.1, 0.15) is 11.5 Å². The molecule has 0 atom stereocenters. The number of ether oxygens (including phenoxy) is 1. The smallest absolute Gasteiger partial charge is 0.312 e. The Morgan fingerprint density at radius 2 is 1.46 bits per heavy atom. The summed E-state index contributed by atoms with van der Waals surface area (Å²) in [5.74, 6) is -0.0794. The highest BCUT2D eigenvalue weighted by Crippen LogP contribution is 3.02. The normalized spacial score (nSPS) is 37.2. The van der Waals surface area contributed by atoms with Crippen LogP contribution in [0.1, 0.15) is 38.5 Å². The Morgan fingerprint density at radius 3 is 1.81 bits per heavy atom. The Bertz CT molecular complexity index is 740. The van der Waals surface area contributed by atoms with E-state index in [2.05, 4.69) is 15.4 Å². The van der Waals surface area contributed by atoms with Crippen molar-refractivity contribution < 1.29 is 37.4 Å². The number of hydrogen-bond acceptors (Lipinski definition) is 4. The second kappa shape index (κ2) is 5.28. The minimum atomic E-state index is -10.4. The highest BCUT2D eigenvalue weighted by Gasteiger charge is 2.68. The molecular formula is C14H18ClF5O4S2. The summed E-state index contributed by atoms with van der Waals surface area (Å²) in [4.78, 5) is 9.75. The Morgan fingerprint density at radius 1 is 1.04 bits per heavy atom. The molecule has 0 unspecified atom stereocenters. The Labute approximate surface area is 152 Å². The number of carbonyl (C=O) groups is 1. The molecule has 4 nitrogen and oxygen atoms in total. The van der Waals surface area contributed by atoms with Crippen molar-refractivity contribution in [2.45, 2.75) is 38.5 Å². The summed E-state index contributed by atoms with van der Waals surface area (Å²) in [6, 6.07) is 0. The minimum Gasteiger partial charge on any atom is -0.459 e. The van der Waals surface area contributed by atoms with Gasteiger partial charge < -0.3 is 4.74 Å². The third kappa shape index (κ3) is 4.30. The fourth-order valence-electron chi connectivity index (χ4n) is 5.04. The third-order valence-corrected chi connectivity index (χ3v) is 7.79. The van der Waals surface area contributed by atoms with E-state index in [1.165, 1.54) is 0 Å². The zero-order valence-electron chi connectivity index (χ0n) is 13.5. The van der Waals surface area contributed by atoms with Crippen LogP contribution in [0.5, 0.6) is 0 Å². The summed E-state index contributed by atoms with van der Waals surface area (Å²) in [6.07, 6.45) is 4.32. The van der Waals surface area contributed by atoms with Crippen LogP contribution >= 0.6 is 20.9 Å². The van der Waals surface area contributed by atoms with Crippen molar-refractivity contribution in [1.29, 1.82) is 0 Å². The van der Waals surface area contributed by atoms with Gasteiger partial charge in [0.15, 0.2) is 0 Å². The maximum atomic E-state index is 13.0. The van der Waals surface area contributed by atoms with Gasteiger partial charge in [0.2, 0.25) is 0 Å². The van der Waals surface area contributed by atoms with Crippen LogP contribution < -0.4 is 0 Å². The standard InChI is InChI=1S/C14H18ClF5O4S2/c15-25(22,23)8-12(26(16,17,18,19)20)7-24-13(21)14-4-9-1-10(5-14)3-11(2-9)6-14/h8-11H,1-7H2. The second-order valence-electron chi connectivity index (χ2n) is 7.80. The molecule has 0 radical (unpaired) electrons. The summed E-state index contributed by atoms with van der Waals surface area (Å²) in [6.45, 7) is -1.87. The van der Waals surface area contributed by atoms with Gasteiger partial charge in [-0.3, -0.25) is 4.79 Å². The zero-order chi connectivity index (χ0) is 19.7. The fraction of sp³-hybridized carbons (Fsp3) is 0.786. The number of carbonyl (C=O) groups excluding carboxylic acids is 1. The van der Waals surface area contributed by atoms with Crippen molar-refractivity contribution >= 4 is 35.9 Å². The topological polar surface area (TPSA) is 60.4 Å². The SMILES string of the molecule is O=C(OCC(=CS(=O)(=O)Cl)S(F)(F)(F)(F)F)C12CC3CC(CC(C3)C1)C2. The van der Waals surface area contributed by atoms with Crippen molar-refractivity contribution in [1.82, 2.24) is 0 Å². The van der Waals surface area contributed by atoms with Crippen molar-refractivity contribution in [3.05, 3.63) is 10.3 Å². The van der Waals surface area contributed by atoms with Gasteiger partial charge in [-0.05, 0) is 56.3 Å². The van der Waals surface area contributed by atoms with Crippen LogP contribution in [0.4, 0.5) is 19.4 Å². The molecule has 4 fully saturated rings. The molecule has 4 bridgehead atoms. The monoisotopic (exact) mass is 444 g/mol. The molecule has 4 saturated carbocycles. The van der Waals surface area contributed by atoms with Crippen LogP contribution in [0, 0.1) is 23.2 Å². The van der Waals surface area contributed by atoms with E-state index in [4.69, 9.17) is 0 Å². The van der Waals surface area contributed by atoms with E-state index in [1.54, 1.807) is 0 Å². The van der Waals surface area contributed by atoms with Crippen LogP contribution in [-0.2, 0) is 18.6 Å². The van der Waals surface area contributed by atoms with E-state index < -0.39 is 47.6 Å². The summed E-state index contributed by atoms with van der Waals surface area (Å²) < 4.78 is 91.5. The summed E-state index contributed by atoms with van der Waals surface area (Å²) in [5, 5.41) is -0.775. The highest BCUT2D eigenvalue weighted by atomic mass is 35.7. The second-order valence-corrected chi connectivity index (χ2v) is 12.7. The lowest BCUT2D eigenvalue weighted by Gasteiger charge is -2.55. The van der Waals surface area contributed by atoms with Crippen LogP contribution in [0.25, 0.3) is 0 Å². The first-order chi connectivity index (χ1) is 11.5. The minimum absolute atomic E-state index is 0.294. The molecule has 0 heterocycles. The lowest BCUT2D eigenvalue weighted by atomic mass is 9.49. The van der Waals surface area contributed by atoms with E-state index in [9.17, 15) is 32.6 Å². The predicted octanol–water partition coefficient (Wildman–Crippen LogP) is 5.45. The Hall–Kier alpha value is -0.550. The van der Waals surface area contributed by atoms with Crippen molar-refractivity contribution in [3.8, 4) is 0 Å². The molecule has 0 spiro atoms. The van der Waals surface area contributed by atoms with Gasteiger partial charge in [-0.15, -0.1) is 0 Å². The molecule has 0 saturated heterocycles. The molecule has 4 rings (SSSR count). The van der Waals surface area contributed by atoms with Gasteiger partial charge in [0, 0.05) is 10.7 Å². The van der Waals surface area contributed by atoms with E-state index >= 15 is 0 Å². The fourth-order valence-corrected chi connectivity index (χ4v) is 7.30. The van der Waals surface area contributed by atoms with Crippen molar-refractivity contribution in [2.75, 3.05) is 6.61 Å². The Balaban J connectivity index is 1.80. The number of halogens is 6. The highest BCUT2D eigenvalue weighted by molar-refractivity contribution is 8.49. The molecular weight excluding hydrogens is 427 g/mol. The molecule has 12 heteroatoms. The first-order valence-electron chi connectivity index (χ1n) is 8.02. The van der Waals surface area contributed by atoms with Gasteiger partial charge in [0.05, 0.1) is 10.8 Å². The van der Waals surface area contributed by atoms with E-state index in [0.29, 0.717) is 37.0 Å². The number of hydrogen-bond donors (Lipinski definition) is 0. The average molecular weight is 445 g/mol. The first-order valence-corrected chi connectivity index (χ1v) is 12.3. The molecule has 0 aliphatic heterocycles. The number of rotatable bonds is 5. The van der Waals surface area contributed by atoms with Gasteiger partial charge >= 0.3 is 16.2 Å². The molecule has 4 aliphatic carbocycles. The number of esters is 1. The van der Waals surface area contributed by atoms with Crippen LogP contribution in [0.15, 0.2) is 10.3 Å². The molecule has 4 aliphatic rings. The van der Waals surface area contributed by atoms with Crippen molar-refractivity contribution in [3.63, 3.8) is 0 Å². The van der Waals surface area contributed by atoms with Gasteiger partial charge in [-0.2, -0.15) is 0 Å². The molecule has 152 valence electrons. The molecule has 26 heavy (non-hydrogen) atoms. The van der Waals surface area contributed by atoms with E-state index in [1.807, 2.05) is 0 Å². The largest absolute Gasteiger partial charge is 0.459 e. The maximum Gasteiger partial charge on any atom is 0.312 e.